The van der Waals surface area contributed by atoms with Gasteiger partial charge in [-0.3, -0.25) is 4.68 Å². The van der Waals surface area contributed by atoms with Crippen LogP contribution < -0.4 is 0 Å². The molecule has 2 rings (SSSR count). The van der Waals surface area contributed by atoms with Crippen LogP contribution in [0.25, 0.3) is 0 Å². The topological polar surface area (TPSA) is 17.8 Å². The quantitative estimate of drug-likeness (QED) is 0.722. The fourth-order valence-corrected chi connectivity index (χ4v) is 2.55. The molecule has 0 radical (unpaired) electrons. The molecule has 0 spiro atoms. The molecule has 1 aromatic rings. The maximum atomic E-state index is 6.25. The van der Waals surface area contributed by atoms with Crippen molar-refractivity contribution in [3.05, 3.63) is 17.5 Å². The van der Waals surface area contributed by atoms with Crippen molar-refractivity contribution in [3.8, 4) is 0 Å². The van der Waals surface area contributed by atoms with Crippen LogP contribution in [0.1, 0.15) is 38.1 Å². The van der Waals surface area contributed by atoms with Gasteiger partial charge in [-0.15, -0.1) is 11.6 Å². The summed E-state index contributed by atoms with van der Waals surface area (Å²) < 4.78 is 2.11. The lowest BCUT2D eigenvalue weighted by molar-refractivity contribution is 0.468. The van der Waals surface area contributed by atoms with Crippen molar-refractivity contribution in [2.45, 2.75) is 52.0 Å². The zero-order chi connectivity index (χ0) is 11.1. The third kappa shape index (κ3) is 2.05. The molecule has 1 unspecified atom stereocenters. The van der Waals surface area contributed by atoms with Gasteiger partial charge in [0.15, 0.2) is 0 Å². The first-order valence-corrected chi connectivity index (χ1v) is 6.18. The largest absolute Gasteiger partial charge is 0.270 e. The molecular weight excluding hydrogens is 208 g/mol. The van der Waals surface area contributed by atoms with Crippen molar-refractivity contribution in [1.29, 1.82) is 0 Å². The van der Waals surface area contributed by atoms with Gasteiger partial charge in [0, 0.05) is 17.6 Å². The van der Waals surface area contributed by atoms with Crippen molar-refractivity contribution >= 4 is 11.6 Å². The van der Waals surface area contributed by atoms with Crippen LogP contribution in [0, 0.1) is 12.3 Å². The molecule has 1 aliphatic carbocycles. The normalized spacial score (nSPS) is 20.3. The number of alkyl halides is 1. The van der Waals surface area contributed by atoms with E-state index in [1.807, 2.05) is 0 Å². The minimum absolute atomic E-state index is 0.276. The standard InChI is InChI=1S/C12H19ClN2/c1-4-15-11(7-9(2)14-15)8-12(5-6-12)10(3)13/h7,10H,4-6,8H2,1-3H3. The third-order valence-corrected chi connectivity index (χ3v) is 4.02. The molecule has 0 bridgehead atoms. The van der Waals surface area contributed by atoms with Crippen LogP contribution in [0.5, 0.6) is 0 Å². The van der Waals surface area contributed by atoms with Crippen LogP contribution in [0.3, 0.4) is 0 Å². The van der Waals surface area contributed by atoms with Crippen LogP contribution in [-0.4, -0.2) is 15.2 Å². The smallest absolute Gasteiger partial charge is 0.0596 e. The fraction of sp³-hybridized carbons (Fsp3) is 0.750. The Labute approximate surface area is 96.6 Å². The summed E-state index contributed by atoms with van der Waals surface area (Å²) in [6, 6.07) is 2.20. The molecule has 0 saturated heterocycles. The number of halogens is 1. The number of hydrogen-bond acceptors (Lipinski definition) is 1. The second-order valence-electron chi connectivity index (χ2n) is 4.75. The first kappa shape index (κ1) is 11.0. The van der Waals surface area contributed by atoms with Gasteiger partial charge in [0.1, 0.15) is 0 Å². The summed E-state index contributed by atoms with van der Waals surface area (Å²) in [4.78, 5) is 0. The highest BCUT2D eigenvalue weighted by Gasteiger charge is 2.47. The number of nitrogens with zero attached hydrogens (tertiary/aromatic N) is 2. The zero-order valence-corrected chi connectivity index (χ0v) is 10.5. The second-order valence-corrected chi connectivity index (χ2v) is 5.40. The molecule has 1 heterocycles. The van der Waals surface area contributed by atoms with E-state index in [-0.39, 0.29) is 5.38 Å². The maximum Gasteiger partial charge on any atom is 0.0596 e. The maximum absolute atomic E-state index is 6.25. The molecule has 0 aliphatic heterocycles. The molecule has 0 aromatic carbocycles. The van der Waals surface area contributed by atoms with Gasteiger partial charge in [-0.05, 0) is 51.5 Å². The summed E-state index contributed by atoms with van der Waals surface area (Å²) in [7, 11) is 0. The molecule has 1 saturated carbocycles. The molecule has 0 amide bonds. The Kier molecular flexibility index (Phi) is 2.80. The zero-order valence-electron chi connectivity index (χ0n) is 9.76. The third-order valence-electron chi connectivity index (χ3n) is 3.55. The summed E-state index contributed by atoms with van der Waals surface area (Å²) >= 11 is 6.25. The summed E-state index contributed by atoms with van der Waals surface area (Å²) in [5.41, 5.74) is 2.82. The van der Waals surface area contributed by atoms with Crippen LogP contribution >= 0.6 is 11.6 Å². The number of hydrogen-bond donors (Lipinski definition) is 0. The highest BCUT2D eigenvalue weighted by Crippen LogP contribution is 2.53. The average Bonchev–Trinajstić information content (AvgIpc) is 2.86. The van der Waals surface area contributed by atoms with Crippen molar-refractivity contribution in [3.63, 3.8) is 0 Å². The molecule has 84 valence electrons. The molecular formula is C12H19ClN2. The summed E-state index contributed by atoms with van der Waals surface area (Å²) in [6.07, 6.45) is 3.63. The van der Waals surface area contributed by atoms with Gasteiger partial charge >= 0.3 is 0 Å². The second kappa shape index (κ2) is 3.82. The Morgan fingerprint density at radius 2 is 2.27 bits per heavy atom. The molecule has 3 heteroatoms. The Bertz CT molecular complexity index is 351. The van der Waals surface area contributed by atoms with Gasteiger partial charge in [0.25, 0.3) is 0 Å². The summed E-state index contributed by atoms with van der Waals surface area (Å²) in [6.45, 7) is 7.27. The van der Waals surface area contributed by atoms with Gasteiger partial charge in [-0.1, -0.05) is 0 Å². The van der Waals surface area contributed by atoms with E-state index in [9.17, 15) is 0 Å². The monoisotopic (exact) mass is 226 g/mol. The van der Waals surface area contributed by atoms with E-state index >= 15 is 0 Å². The van der Waals surface area contributed by atoms with Crippen molar-refractivity contribution in [2.75, 3.05) is 0 Å². The van der Waals surface area contributed by atoms with Crippen molar-refractivity contribution in [2.24, 2.45) is 5.41 Å². The van der Waals surface area contributed by atoms with E-state index in [1.54, 1.807) is 0 Å². The molecule has 1 atom stereocenters. The van der Waals surface area contributed by atoms with Gasteiger partial charge in [0.2, 0.25) is 0 Å². The van der Waals surface area contributed by atoms with E-state index < -0.39 is 0 Å². The van der Waals surface area contributed by atoms with Gasteiger partial charge in [-0.25, -0.2) is 0 Å². The Hall–Kier alpha value is -0.500. The Morgan fingerprint density at radius 3 is 2.73 bits per heavy atom. The van der Waals surface area contributed by atoms with Crippen LogP contribution in [-0.2, 0) is 13.0 Å². The number of aromatic nitrogens is 2. The molecule has 1 aliphatic rings. The van der Waals surface area contributed by atoms with Crippen molar-refractivity contribution in [1.82, 2.24) is 9.78 Å². The highest BCUT2D eigenvalue weighted by atomic mass is 35.5. The van der Waals surface area contributed by atoms with E-state index in [2.05, 4.69) is 36.6 Å². The summed E-state index contributed by atoms with van der Waals surface area (Å²) in [5.74, 6) is 0. The lowest BCUT2D eigenvalue weighted by Crippen LogP contribution is -2.18. The number of aryl methyl sites for hydroxylation is 2. The van der Waals surface area contributed by atoms with Crippen LogP contribution in [0.2, 0.25) is 0 Å². The minimum Gasteiger partial charge on any atom is -0.270 e. The van der Waals surface area contributed by atoms with Crippen molar-refractivity contribution < 1.29 is 0 Å². The minimum atomic E-state index is 0.276. The van der Waals surface area contributed by atoms with E-state index in [0.29, 0.717) is 5.41 Å². The Balaban J connectivity index is 2.17. The summed E-state index contributed by atoms with van der Waals surface area (Å²) in [5, 5.41) is 4.75. The van der Waals surface area contributed by atoms with Gasteiger partial charge in [-0.2, -0.15) is 5.10 Å². The first-order valence-electron chi connectivity index (χ1n) is 5.75. The fourth-order valence-electron chi connectivity index (χ4n) is 2.25. The lowest BCUT2D eigenvalue weighted by Gasteiger charge is -2.17. The van der Waals surface area contributed by atoms with Crippen LogP contribution in [0.4, 0.5) is 0 Å². The Morgan fingerprint density at radius 1 is 1.60 bits per heavy atom. The predicted octanol–water partition coefficient (Wildman–Crippen LogP) is 3.16. The molecule has 2 nitrogen and oxygen atoms in total. The number of rotatable bonds is 4. The van der Waals surface area contributed by atoms with E-state index in [1.165, 1.54) is 18.5 Å². The van der Waals surface area contributed by atoms with Crippen LogP contribution in [0.15, 0.2) is 6.07 Å². The molecule has 1 fully saturated rings. The average molecular weight is 227 g/mol. The van der Waals surface area contributed by atoms with Gasteiger partial charge in [0.05, 0.1) is 5.69 Å². The SMILES string of the molecule is CCn1nc(C)cc1CC1(C(C)Cl)CC1. The first-order chi connectivity index (χ1) is 7.07. The molecule has 0 N–H and O–H groups in total. The van der Waals surface area contributed by atoms with E-state index in [4.69, 9.17) is 11.6 Å². The molecule has 1 aromatic heterocycles. The van der Waals surface area contributed by atoms with Gasteiger partial charge < -0.3 is 0 Å². The predicted molar refractivity (Wildman–Crippen MR) is 63.3 cm³/mol. The lowest BCUT2D eigenvalue weighted by atomic mass is 9.96. The highest BCUT2D eigenvalue weighted by molar-refractivity contribution is 6.21. The molecule has 15 heavy (non-hydrogen) atoms. The van der Waals surface area contributed by atoms with E-state index in [0.717, 1.165) is 18.7 Å².